The molecule has 192 valence electrons. The van der Waals surface area contributed by atoms with Crippen molar-refractivity contribution in [3.8, 4) is 0 Å². The van der Waals surface area contributed by atoms with E-state index in [4.69, 9.17) is 9.47 Å². The van der Waals surface area contributed by atoms with Crippen LogP contribution in [0.5, 0.6) is 0 Å². The highest BCUT2D eigenvalue weighted by molar-refractivity contribution is 5.90. The zero-order valence-electron chi connectivity index (χ0n) is 21.9. The van der Waals surface area contributed by atoms with Gasteiger partial charge < -0.3 is 14.4 Å². The van der Waals surface area contributed by atoms with Gasteiger partial charge in [-0.2, -0.15) is 4.57 Å². The molecule has 1 fully saturated rings. The van der Waals surface area contributed by atoms with Crippen molar-refractivity contribution >= 4 is 23.2 Å². The third-order valence-electron chi connectivity index (χ3n) is 6.02. The van der Waals surface area contributed by atoms with Gasteiger partial charge in [0.25, 0.3) is 0 Å². The van der Waals surface area contributed by atoms with Crippen molar-refractivity contribution in [3.05, 3.63) is 70.1 Å². The van der Waals surface area contributed by atoms with Crippen LogP contribution in [0.25, 0.3) is 11.0 Å². The van der Waals surface area contributed by atoms with Gasteiger partial charge in [-0.15, -0.1) is 0 Å². The number of ether oxygens (including phenoxy) is 2. The fourth-order valence-corrected chi connectivity index (χ4v) is 4.56. The maximum absolute atomic E-state index is 13.7. The van der Waals surface area contributed by atoms with Crippen molar-refractivity contribution in [3.63, 3.8) is 0 Å². The molecule has 3 aromatic rings. The molecule has 1 aliphatic heterocycles. The van der Waals surface area contributed by atoms with Crippen molar-refractivity contribution in [2.75, 3.05) is 13.1 Å². The van der Waals surface area contributed by atoms with Gasteiger partial charge in [0.15, 0.2) is 0 Å². The lowest BCUT2D eigenvalue weighted by molar-refractivity contribution is 0.0292. The van der Waals surface area contributed by atoms with Gasteiger partial charge in [-0.25, -0.2) is 14.4 Å². The van der Waals surface area contributed by atoms with Gasteiger partial charge in [-0.1, -0.05) is 42.5 Å². The van der Waals surface area contributed by atoms with Gasteiger partial charge >= 0.3 is 17.9 Å². The third kappa shape index (κ3) is 5.48. The van der Waals surface area contributed by atoms with Crippen molar-refractivity contribution < 1.29 is 19.1 Å². The average molecular weight is 494 g/mol. The van der Waals surface area contributed by atoms with Crippen LogP contribution in [0.4, 0.5) is 9.59 Å². The second-order valence-corrected chi connectivity index (χ2v) is 11.3. The fraction of sp³-hybridized carbons (Fsp3) is 0.464. The lowest BCUT2D eigenvalue weighted by atomic mass is 9.97. The van der Waals surface area contributed by atoms with Crippen LogP contribution in [0, 0.1) is 0 Å². The Morgan fingerprint density at radius 1 is 0.889 bits per heavy atom. The molecule has 1 unspecified atom stereocenters. The summed E-state index contributed by atoms with van der Waals surface area (Å²) in [6.45, 7) is 12.2. The molecule has 2 aromatic carbocycles. The number of rotatable bonds is 3. The average Bonchev–Trinajstić information content (AvgIpc) is 3.36. The summed E-state index contributed by atoms with van der Waals surface area (Å²) >= 11 is 0. The van der Waals surface area contributed by atoms with E-state index in [1.807, 2.05) is 69.3 Å². The highest BCUT2D eigenvalue weighted by Gasteiger charge is 2.34. The second kappa shape index (κ2) is 9.48. The monoisotopic (exact) mass is 493 g/mol. The summed E-state index contributed by atoms with van der Waals surface area (Å²) < 4.78 is 13.9. The van der Waals surface area contributed by atoms with Gasteiger partial charge in [0, 0.05) is 19.0 Å². The summed E-state index contributed by atoms with van der Waals surface area (Å²) in [4.78, 5) is 41.3. The van der Waals surface area contributed by atoms with Crippen molar-refractivity contribution in [1.82, 2.24) is 14.0 Å². The summed E-state index contributed by atoms with van der Waals surface area (Å²) in [5.74, 6) is -0.0538. The largest absolute Gasteiger partial charge is 0.444 e. The number of hydrogen-bond acceptors (Lipinski definition) is 5. The van der Waals surface area contributed by atoms with Gasteiger partial charge in [-0.3, -0.25) is 4.57 Å². The third-order valence-corrected chi connectivity index (χ3v) is 6.02. The zero-order chi connectivity index (χ0) is 26.3. The normalized spacial score (nSPS) is 16.4. The van der Waals surface area contributed by atoms with Gasteiger partial charge in [0.2, 0.25) is 0 Å². The topological polar surface area (TPSA) is 82.8 Å². The molecule has 4 rings (SSSR count). The lowest BCUT2D eigenvalue weighted by Crippen LogP contribution is -2.35. The van der Waals surface area contributed by atoms with E-state index < -0.39 is 23.0 Å². The molecule has 0 aliphatic carbocycles. The number of aromatic nitrogens is 2. The molecule has 8 nitrogen and oxygen atoms in total. The van der Waals surface area contributed by atoms with Gasteiger partial charge in [0.05, 0.1) is 17.6 Å². The molecule has 0 bridgehead atoms. The van der Waals surface area contributed by atoms with Gasteiger partial charge in [0.1, 0.15) is 11.2 Å². The predicted octanol–water partition coefficient (Wildman–Crippen LogP) is 5.36. The van der Waals surface area contributed by atoms with Crippen LogP contribution in [0.3, 0.4) is 0 Å². The van der Waals surface area contributed by atoms with Crippen LogP contribution in [0.1, 0.15) is 65.0 Å². The van der Waals surface area contributed by atoms with Crippen LogP contribution in [0.2, 0.25) is 0 Å². The Balaban J connectivity index is 1.79. The molecule has 2 heterocycles. The Hall–Kier alpha value is -3.55. The number of carbonyl (C=O) groups excluding carboxylic acids is 2. The Labute approximate surface area is 211 Å². The molecular weight excluding hydrogens is 458 g/mol. The quantitative estimate of drug-likeness (QED) is 0.491. The molecule has 8 heteroatoms. The Morgan fingerprint density at radius 3 is 2.17 bits per heavy atom. The number of para-hydroxylation sites is 1. The van der Waals surface area contributed by atoms with E-state index in [0.717, 1.165) is 15.7 Å². The second-order valence-electron chi connectivity index (χ2n) is 11.3. The number of benzene rings is 2. The van der Waals surface area contributed by atoms with E-state index in [1.54, 1.807) is 30.2 Å². The summed E-state index contributed by atoms with van der Waals surface area (Å²) in [5.41, 5.74) is 1.18. The number of fused-ring (bicyclic) bond motifs is 1. The molecule has 1 atom stereocenters. The minimum Gasteiger partial charge on any atom is -0.444 e. The maximum atomic E-state index is 13.7. The molecule has 0 spiro atoms. The van der Waals surface area contributed by atoms with E-state index in [-0.39, 0.29) is 12.0 Å². The number of imidazole rings is 1. The van der Waals surface area contributed by atoms with Crippen molar-refractivity contribution in [1.29, 1.82) is 0 Å². The Kier molecular flexibility index (Phi) is 6.73. The fourth-order valence-electron chi connectivity index (χ4n) is 4.56. The Morgan fingerprint density at radius 2 is 1.53 bits per heavy atom. The number of nitrogens with zero attached hydrogens (tertiary/aromatic N) is 3. The molecule has 1 amide bonds. The summed E-state index contributed by atoms with van der Waals surface area (Å²) in [7, 11) is 0. The smallest absolute Gasteiger partial charge is 0.423 e. The number of likely N-dealkylation sites (tertiary alicyclic amines) is 1. The first-order chi connectivity index (χ1) is 16.8. The summed E-state index contributed by atoms with van der Waals surface area (Å²) in [6.07, 6.45) is -0.368. The molecule has 1 aromatic heterocycles. The molecule has 36 heavy (non-hydrogen) atoms. The minimum absolute atomic E-state index is 0.0538. The molecule has 1 saturated heterocycles. The number of amides is 1. The first kappa shape index (κ1) is 25.5. The molecule has 0 N–H and O–H groups in total. The van der Waals surface area contributed by atoms with Crippen LogP contribution in [-0.4, -0.2) is 50.5 Å². The SMILES string of the molecule is CC(C)(C)OC(=O)N1CCC(c2cccc3c2n(C(=O)OC(C)(C)C)c(=O)n3Cc2ccccc2)C1. The molecule has 0 saturated carbocycles. The van der Waals surface area contributed by atoms with E-state index >= 15 is 0 Å². The molecule has 1 aliphatic rings. The molecule has 0 radical (unpaired) electrons. The van der Waals surface area contributed by atoms with Crippen LogP contribution < -0.4 is 5.69 Å². The van der Waals surface area contributed by atoms with Crippen molar-refractivity contribution in [2.45, 2.75) is 71.6 Å². The minimum atomic E-state index is -0.764. The standard InChI is InChI=1S/C28H35N3O5/c1-27(2,3)35-25(33)29-16-15-20(18-29)21-13-10-14-22-23(21)31(26(34)36-28(4,5)6)24(32)30(22)17-19-11-8-7-9-12-19/h7-14,20H,15-18H2,1-6H3. The number of hydrogen-bond donors (Lipinski definition) is 0. The zero-order valence-corrected chi connectivity index (χ0v) is 21.9. The molecular formula is C28H35N3O5. The highest BCUT2D eigenvalue weighted by atomic mass is 16.6. The maximum Gasteiger partial charge on any atom is 0.423 e. The van der Waals surface area contributed by atoms with E-state index in [0.29, 0.717) is 37.1 Å². The Bertz CT molecular complexity index is 1330. The van der Waals surface area contributed by atoms with E-state index in [9.17, 15) is 14.4 Å². The van der Waals surface area contributed by atoms with E-state index in [2.05, 4.69) is 0 Å². The van der Waals surface area contributed by atoms with Crippen LogP contribution in [0.15, 0.2) is 53.3 Å². The van der Waals surface area contributed by atoms with Crippen LogP contribution in [-0.2, 0) is 16.0 Å². The lowest BCUT2D eigenvalue weighted by Gasteiger charge is -2.24. The van der Waals surface area contributed by atoms with Gasteiger partial charge in [-0.05, 0) is 65.2 Å². The number of carbonyl (C=O) groups is 2. The highest BCUT2D eigenvalue weighted by Crippen LogP contribution is 2.33. The first-order valence-electron chi connectivity index (χ1n) is 12.3. The van der Waals surface area contributed by atoms with Crippen molar-refractivity contribution in [2.24, 2.45) is 0 Å². The predicted molar refractivity (Wildman–Crippen MR) is 139 cm³/mol. The van der Waals surface area contributed by atoms with E-state index in [1.165, 1.54) is 0 Å². The summed E-state index contributed by atoms with van der Waals surface area (Å²) in [5, 5.41) is 0. The first-order valence-corrected chi connectivity index (χ1v) is 12.3. The van der Waals surface area contributed by atoms with Crippen LogP contribution >= 0.6 is 0 Å². The summed E-state index contributed by atoms with van der Waals surface area (Å²) in [6, 6.07) is 15.3.